The maximum atomic E-state index is 13.0. The summed E-state index contributed by atoms with van der Waals surface area (Å²) in [6, 6.07) is 9.48. The Kier molecular flexibility index (Phi) is 4.91. The van der Waals surface area contributed by atoms with Crippen molar-refractivity contribution in [3.8, 4) is 5.75 Å². The van der Waals surface area contributed by atoms with Gasteiger partial charge in [0.15, 0.2) is 0 Å². The second-order valence-corrected chi connectivity index (χ2v) is 8.05. The predicted molar refractivity (Wildman–Crippen MR) is 113 cm³/mol. The van der Waals surface area contributed by atoms with Crippen molar-refractivity contribution in [3.05, 3.63) is 56.0 Å². The summed E-state index contributed by atoms with van der Waals surface area (Å²) in [4.78, 5) is 42.5. The lowest BCUT2D eigenvalue weighted by atomic mass is 10.2. The van der Waals surface area contributed by atoms with Gasteiger partial charge in [-0.05, 0) is 18.2 Å². The first-order chi connectivity index (χ1) is 13.9. The number of carbonyl (C=O) groups is 1. The van der Waals surface area contributed by atoms with Crippen LogP contribution in [0.15, 0.2) is 39.9 Å². The van der Waals surface area contributed by atoms with E-state index < -0.39 is 5.69 Å². The van der Waals surface area contributed by atoms with Crippen LogP contribution in [-0.4, -0.2) is 53.2 Å². The second kappa shape index (κ2) is 7.40. The van der Waals surface area contributed by atoms with E-state index in [0.717, 1.165) is 16.0 Å². The van der Waals surface area contributed by atoms with E-state index in [1.807, 2.05) is 24.3 Å². The van der Waals surface area contributed by atoms with Crippen molar-refractivity contribution in [2.75, 3.05) is 38.2 Å². The molecular formula is C20H22N4O4S. The molecule has 1 aliphatic rings. The third-order valence-electron chi connectivity index (χ3n) is 5.32. The molecule has 3 heterocycles. The van der Waals surface area contributed by atoms with Crippen molar-refractivity contribution >= 4 is 33.1 Å². The Morgan fingerprint density at radius 2 is 1.76 bits per heavy atom. The van der Waals surface area contributed by atoms with Gasteiger partial charge in [0.1, 0.15) is 10.6 Å². The highest BCUT2D eigenvalue weighted by molar-refractivity contribution is 7.20. The number of hydrogen-bond acceptors (Lipinski definition) is 6. The Hall–Kier alpha value is -3.07. The van der Waals surface area contributed by atoms with Crippen LogP contribution in [0.2, 0.25) is 0 Å². The van der Waals surface area contributed by atoms with Gasteiger partial charge in [0, 0.05) is 52.0 Å². The average molecular weight is 414 g/mol. The molecule has 0 radical (unpaired) electrons. The number of aromatic nitrogens is 2. The molecule has 9 heteroatoms. The van der Waals surface area contributed by atoms with Crippen LogP contribution in [0.5, 0.6) is 5.75 Å². The number of fused-ring (bicyclic) bond motifs is 1. The second-order valence-electron chi connectivity index (χ2n) is 7.02. The molecule has 152 valence electrons. The summed E-state index contributed by atoms with van der Waals surface area (Å²) in [7, 11) is 4.70. The molecule has 29 heavy (non-hydrogen) atoms. The molecule has 0 bridgehead atoms. The van der Waals surface area contributed by atoms with Crippen molar-refractivity contribution in [3.63, 3.8) is 0 Å². The third-order valence-corrected chi connectivity index (χ3v) is 6.52. The molecule has 1 amide bonds. The molecule has 0 N–H and O–H groups in total. The lowest BCUT2D eigenvalue weighted by Gasteiger charge is -2.36. The molecule has 0 aliphatic carbocycles. The largest absolute Gasteiger partial charge is 0.497 e. The van der Waals surface area contributed by atoms with E-state index in [1.54, 1.807) is 25.1 Å². The molecule has 4 rings (SSSR count). The van der Waals surface area contributed by atoms with Crippen molar-refractivity contribution in [2.24, 2.45) is 14.1 Å². The first-order valence-electron chi connectivity index (χ1n) is 9.28. The van der Waals surface area contributed by atoms with Gasteiger partial charge in [0.2, 0.25) is 0 Å². The maximum absolute atomic E-state index is 13.0. The van der Waals surface area contributed by atoms with E-state index in [9.17, 15) is 14.4 Å². The van der Waals surface area contributed by atoms with Gasteiger partial charge in [-0.25, -0.2) is 4.79 Å². The van der Waals surface area contributed by atoms with Gasteiger partial charge in [-0.15, -0.1) is 11.3 Å². The number of amides is 1. The summed E-state index contributed by atoms with van der Waals surface area (Å²) in [6.07, 6.45) is 0. The van der Waals surface area contributed by atoms with E-state index in [0.29, 0.717) is 41.3 Å². The molecular weight excluding hydrogens is 392 g/mol. The Morgan fingerprint density at radius 1 is 1.03 bits per heavy atom. The molecule has 0 atom stereocenters. The Labute approximate surface area is 171 Å². The monoisotopic (exact) mass is 414 g/mol. The first kappa shape index (κ1) is 19.3. The molecule has 1 saturated heterocycles. The lowest BCUT2D eigenvalue weighted by Crippen LogP contribution is -2.48. The van der Waals surface area contributed by atoms with Crippen LogP contribution in [-0.2, 0) is 14.1 Å². The zero-order chi connectivity index (χ0) is 20.7. The zero-order valence-electron chi connectivity index (χ0n) is 16.5. The number of aryl methyl sites for hydroxylation is 1. The quantitative estimate of drug-likeness (QED) is 0.645. The van der Waals surface area contributed by atoms with E-state index in [2.05, 4.69) is 4.90 Å². The third kappa shape index (κ3) is 3.31. The standard InChI is InChI=1S/C20H22N4O4S/c1-21-17(25)15-12-16(29-19(15)22(2)20(21)27)18(26)24-9-7-23(8-10-24)13-5-4-6-14(11-13)28-3/h4-6,11-12H,7-10H2,1-3H3. The minimum atomic E-state index is -0.393. The number of ether oxygens (including phenoxy) is 1. The van der Waals surface area contributed by atoms with E-state index >= 15 is 0 Å². The van der Waals surface area contributed by atoms with E-state index in [1.165, 1.54) is 23.0 Å². The molecule has 1 aromatic carbocycles. The summed E-state index contributed by atoms with van der Waals surface area (Å²) >= 11 is 1.19. The topological polar surface area (TPSA) is 76.8 Å². The summed E-state index contributed by atoms with van der Waals surface area (Å²) in [5.74, 6) is 0.699. The van der Waals surface area contributed by atoms with Gasteiger partial charge in [-0.1, -0.05) is 6.07 Å². The smallest absolute Gasteiger partial charge is 0.331 e. The first-order valence-corrected chi connectivity index (χ1v) is 10.1. The van der Waals surface area contributed by atoms with Crippen LogP contribution in [0.1, 0.15) is 9.67 Å². The van der Waals surface area contributed by atoms with Crippen molar-refractivity contribution in [2.45, 2.75) is 0 Å². The summed E-state index contributed by atoms with van der Waals surface area (Å²) in [5.41, 5.74) is 0.299. The van der Waals surface area contributed by atoms with Gasteiger partial charge < -0.3 is 14.5 Å². The number of nitrogens with zero attached hydrogens (tertiary/aromatic N) is 4. The van der Waals surface area contributed by atoms with Crippen molar-refractivity contribution in [1.29, 1.82) is 0 Å². The molecule has 8 nitrogen and oxygen atoms in total. The highest BCUT2D eigenvalue weighted by atomic mass is 32.1. The molecule has 1 aliphatic heterocycles. The fourth-order valence-corrected chi connectivity index (χ4v) is 4.67. The van der Waals surface area contributed by atoms with Crippen LogP contribution in [0.25, 0.3) is 10.2 Å². The van der Waals surface area contributed by atoms with Crippen LogP contribution >= 0.6 is 11.3 Å². The minimum absolute atomic E-state index is 0.106. The van der Waals surface area contributed by atoms with Crippen LogP contribution in [0.4, 0.5) is 5.69 Å². The number of anilines is 1. The number of benzene rings is 1. The van der Waals surface area contributed by atoms with Gasteiger partial charge in [-0.3, -0.25) is 18.7 Å². The number of methoxy groups -OCH3 is 1. The molecule has 3 aromatic rings. The van der Waals surface area contributed by atoms with Crippen molar-refractivity contribution in [1.82, 2.24) is 14.0 Å². The highest BCUT2D eigenvalue weighted by Crippen LogP contribution is 2.25. The fourth-order valence-electron chi connectivity index (χ4n) is 3.60. The van der Waals surface area contributed by atoms with E-state index in [4.69, 9.17) is 4.74 Å². The molecule has 0 spiro atoms. The maximum Gasteiger partial charge on any atom is 0.331 e. The molecule has 0 saturated carbocycles. The Balaban J connectivity index is 1.54. The summed E-state index contributed by atoms with van der Waals surface area (Å²) in [6.45, 7) is 2.59. The Morgan fingerprint density at radius 3 is 2.45 bits per heavy atom. The molecule has 0 unspecified atom stereocenters. The lowest BCUT2D eigenvalue weighted by molar-refractivity contribution is 0.0751. The van der Waals surface area contributed by atoms with E-state index in [-0.39, 0.29) is 11.5 Å². The zero-order valence-corrected chi connectivity index (χ0v) is 17.4. The number of carbonyl (C=O) groups excluding carboxylic acids is 1. The highest BCUT2D eigenvalue weighted by Gasteiger charge is 2.25. The predicted octanol–water partition coefficient (Wildman–Crippen LogP) is 1.27. The average Bonchev–Trinajstić information content (AvgIpc) is 3.21. The van der Waals surface area contributed by atoms with Gasteiger partial charge in [0.25, 0.3) is 11.5 Å². The number of piperazine rings is 1. The SMILES string of the molecule is COc1cccc(N2CCN(C(=O)c3cc4c(=O)n(C)c(=O)n(C)c4s3)CC2)c1. The number of thiophene rings is 1. The normalized spacial score (nSPS) is 14.4. The summed E-state index contributed by atoms with van der Waals surface area (Å²) < 4.78 is 7.77. The van der Waals surface area contributed by atoms with Gasteiger partial charge >= 0.3 is 5.69 Å². The summed E-state index contributed by atoms with van der Waals surface area (Å²) in [5, 5.41) is 0.401. The number of rotatable bonds is 3. The van der Waals surface area contributed by atoms with Gasteiger partial charge in [-0.2, -0.15) is 0 Å². The van der Waals surface area contributed by atoms with Crippen LogP contribution in [0, 0.1) is 0 Å². The molecule has 2 aromatic heterocycles. The minimum Gasteiger partial charge on any atom is -0.497 e. The van der Waals surface area contributed by atoms with Gasteiger partial charge in [0.05, 0.1) is 17.4 Å². The fraction of sp³-hybridized carbons (Fsp3) is 0.350. The Bertz CT molecular complexity index is 1200. The van der Waals surface area contributed by atoms with Crippen LogP contribution < -0.4 is 20.9 Å². The van der Waals surface area contributed by atoms with Crippen molar-refractivity contribution < 1.29 is 9.53 Å². The van der Waals surface area contributed by atoms with Crippen LogP contribution in [0.3, 0.4) is 0 Å². The molecule has 1 fully saturated rings. The number of hydrogen-bond donors (Lipinski definition) is 0.